The first-order valence-electron chi connectivity index (χ1n) is 10.9. The molecule has 0 spiro atoms. The van der Waals surface area contributed by atoms with E-state index in [1.54, 1.807) is 6.92 Å². The first-order valence-corrected chi connectivity index (χ1v) is 14.3. The molecule has 0 saturated heterocycles. The van der Waals surface area contributed by atoms with Gasteiger partial charge in [-0.15, -0.1) is 0 Å². The van der Waals surface area contributed by atoms with E-state index in [4.69, 9.17) is 18.0 Å². The largest absolute Gasteiger partial charge is 0.462 e. The molecule has 0 unspecified atom stereocenters. The lowest BCUT2D eigenvalue weighted by Gasteiger charge is -2.34. The van der Waals surface area contributed by atoms with Gasteiger partial charge in [0.1, 0.15) is 0 Å². The second-order valence-corrected chi connectivity index (χ2v) is 11.3. The molecule has 2 aromatic rings. The van der Waals surface area contributed by atoms with Crippen LogP contribution in [0.1, 0.15) is 42.0 Å². The molecule has 0 aliphatic rings. The molecule has 2 rings (SSSR count). The Morgan fingerprint density at radius 3 is 1.91 bits per heavy atom. The van der Waals surface area contributed by atoms with Crippen LogP contribution in [-0.2, 0) is 22.8 Å². The van der Waals surface area contributed by atoms with E-state index in [0.717, 1.165) is 0 Å². The highest BCUT2D eigenvalue weighted by atomic mass is 28.2. The number of carbonyl (C=O) groups excluding carboxylic acids is 1. The van der Waals surface area contributed by atoms with Crippen molar-refractivity contribution in [2.24, 2.45) is 0 Å². The predicted octanol–water partition coefficient (Wildman–Crippen LogP) is 0.922. The van der Waals surface area contributed by atoms with Gasteiger partial charge in [0, 0.05) is 12.0 Å². The molecule has 0 bridgehead atoms. The fourth-order valence-corrected chi connectivity index (χ4v) is 7.27. The standard InChI is InChI=1S/C24H36O5Si3/c1-16(2)23(25)26-15-9-14-24(27-30,28-31-21-12-7-10-17(3)19(21)5)29-32-22-13-8-11-18(4)20(22)6/h7-8,10-13H,1,9,14-15,31-32H2,2-6,30H3. The summed E-state index contributed by atoms with van der Waals surface area (Å²) in [5, 5.41) is 2.50. The fourth-order valence-electron chi connectivity index (χ4n) is 3.29. The van der Waals surface area contributed by atoms with Gasteiger partial charge < -0.3 is 18.0 Å². The lowest BCUT2D eigenvalue weighted by Crippen LogP contribution is -2.45. The Morgan fingerprint density at radius 2 is 1.47 bits per heavy atom. The number of ether oxygens (including phenoxy) is 1. The van der Waals surface area contributed by atoms with E-state index >= 15 is 0 Å². The molecule has 0 radical (unpaired) electrons. The molecule has 0 aliphatic heterocycles. The van der Waals surface area contributed by atoms with Crippen molar-refractivity contribution in [3.05, 3.63) is 70.8 Å². The zero-order valence-electron chi connectivity index (χ0n) is 20.2. The van der Waals surface area contributed by atoms with Gasteiger partial charge >= 0.3 is 5.97 Å². The van der Waals surface area contributed by atoms with Crippen molar-refractivity contribution >= 4 is 46.4 Å². The smallest absolute Gasteiger partial charge is 0.333 e. The van der Waals surface area contributed by atoms with E-state index in [9.17, 15) is 4.79 Å². The van der Waals surface area contributed by atoms with Crippen LogP contribution < -0.4 is 10.4 Å². The highest BCUT2D eigenvalue weighted by molar-refractivity contribution is 6.49. The minimum absolute atomic E-state index is 0.279. The molecular formula is C24H36O5Si3. The van der Waals surface area contributed by atoms with Crippen molar-refractivity contribution in [2.45, 2.75) is 53.4 Å². The van der Waals surface area contributed by atoms with Gasteiger partial charge in [0.15, 0.2) is 30.0 Å². The fraction of sp³-hybridized carbons (Fsp3) is 0.375. The van der Waals surface area contributed by atoms with Crippen LogP contribution in [0.25, 0.3) is 0 Å². The third-order valence-electron chi connectivity index (χ3n) is 5.85. The van der Waals surface area contributed by atoms with Crippen LogP contribution in [0.3, 0.4) is 0 Å². The summed E-state index contributed by atoms with van der Waals surface area (Å²) >= 11 is 0. The van der Waals surface area contributed by atoms with E-state index in [2.05, 4.69) is 70.7 Å². The Hall–Kier alpha value is -1.82. The molecular weight excluding hydrogens is 453 g/mol. The van der Waals surface area contributed by atoms with Crippen LogP contribution in [0.4, 0.5) is 0 Å². The normalized spacial score (nSPS) is 13.8. The maximum Gasteiger partial charge on any atom is 0.333 e. The first kappa shape index (κ1) is 26.4. The molecule has 2 aromatic carbocycles. The Labute approximate surface area is 199 Å². The van der Waals surface area contributed by atoms with Crippen molar-refractivity contribution in [3.63, 3.8) is 0 Å². The summed E-state index contributed by atoms with van der Waals surface area (Å²) in [6.07, 6.45) is 1.10. The molecule has 8 heteroatoms. The summed E-state index contributed by atoms with van der Waals surface area (Å²) in [6, 6.07) is 12.6. The number of hydrogen-bond acceptors (Lipinski definition) is 5. The van der Waals surface area contributed by atoms with Crippen molar-refractivity contribution in [3.8, 4) is 0 Å². The lowest BCUT2D eigenvalue weighted by molar-refractivity contribution is -0.257. The Morgan fingerprint density at radius 1 is 0.969 bits per heavy atom. The third-order valence-corrected chi connectivity index (χ3v) is 9.79. The minimum atomic E-state index is -1.08. The van der Waals surface area contributed by atoms with Gasteiger partial charge in [0.05, 0.1) is 6.61 Å². The molecule has 0 heterocycles. The van der Waals surface area contributed by atoms with Crippen LogP contribution in [0, 0.1) is 27.7 Å². The molecule has 32 heavy (non-hydrogen) atoms. The number of benzene rings is 2. The molecule has 5 nitrogen and oxygen atoms in total. The zero-order valence-corrected chi connectivity index (χ0v) is 25.1. The third kappa shape index (κ3) is 7.36. The Balaban J connectivity index is 2.14. The highest BCUT2D eigenvalue weighted by Crippen LogP contribution is 2.21. The van der Waals surface area contributed by atoms with Crippen LogP contribution in [0.2, 0.25) is 0 Å². The van der Waals surface area contributed by atoms with Gasteiger partial charge in [0.25, 0.3) is 5.97 Å². The van der Waals surface area contributed by atoms with Crippen molar-refractivity contribution < 1.29 is 22.8 Å². The number of esters is 1. The quantitative estimate of drug-likeness (QED) is 0.146. The van der Waals surface area contributed by atoms with Crippen LogP contribution in [0.15, 0.2) is 48.6 Å². The van der Waals surface area contributed by atoms with Gasteiger partial charge in [-0.3, -0.25) is 0 Å². The van der Waals surface area contributed by atoms with Crippen molar-refractivity contribution in [1.82, 2.24) is 0 Å². The van der Waals surface area contributed by atoms with Crippen LogP contribution >= 0.6 is 0 Å². The predicted molar refractivity (Wildman–Crippen MR) is 139 cm³/mol. The number of hydrogen-bond donors (Lipinski definition) is 0. The summed E-state index contributed by atoms with van der Waals surface area (Å²) in [5.74, 6) is -1.45. The second-order valence-electron chi connectivity index (χ2n) is 8.20. The van der Waals surface area contributed by atoms with Gasteiger partial charge in [-0.2, -0.15) is 0 Å². The van der Waals surface area contributed by atoms with Gasteiger partial charge in [0.2, 0.25) is 0 Å². The van der Waals surface area contributed by atoms with Crippen LogP contribution in [0.5, 0.6) is 0 Å². The highest BCUT2D eigenvalue weighted by Gasteiger charge is 2.31. The maximum atomic E-state index is 11.7. The first-order chi connectivity index (χ1) is 15.2. The zero-order chi connectivity index (χ0) is 23.7. The lowest BCUT2D eigenvalue weighted by atomic mass is 10.1. The maximum absolute atomic E-state index is 11.7. The molecule has 0 atom stereocenters. The molecule has 0 aromatic heterocycles. The van der Waals surface area contributed by atoms with Crippen molar-refractivity contribution in [1.29, 1.82) is 0 Å². The van der Waals surface area contributed by atoms with Gasteiger partial charge in [-0.05, 0) is 73.7 Å². The monoisotopic (exact) mass is 488 g/mol. The van der Waals surface area contributed by atoms with E-state index in [-0.39, 0.29) is 12.6 Å². The average molecular weight is 489 g/mol. The van der Waals surface area contributed by atoms with Gasteiger partial charge in [-0.1, -0.05) is 43.0 Å². The number of carbonyl (C=O) groups is 1. The molecule has 0 aliphatic carbocycles. The summed E-state index contributed by atoms with van der Waals surface area (Å²) < 4.78 is 24.2. The number of rotatable bonds is 12. The molecule has 0 fully saturated rings. The van der Waals surface area contributed by atoms with Crippen molar-refractivity contribution in [2.75, 3.05) is 6.61 Å². The summed E-state index contributed by atoms with van der Waals surface area (Å²) in [6.45, 7) is 14.0. The van der Waals surface area contributed by atoms with E-state index < -0.39 is 25.5 Å². The van der Waals surface area contributed by atoms with Crippen LogP contribution in [-0.4, -0.2) is 48.6 Å². The summed E-state index contributed by atoms with van der Waals surface area (Å²) in [5.41, 5.74) is 5.45. The van der Waals surface area contributed by atoms with Gasteiger partial charge in [-0.25, -0.2) is 4.79 Å². The SMILES string of the molecule is C=C(C)C(=O)OCCCC(O[SiH3])(O[SiH2]c1cccc(C)c1C)O[SiH2]c1cccc(C)c1C. The van der Waals surface area contributed by atoms with E-state index in [0.29, 0.717) is 28.9 Å². The topological polar surface area (TPSA) is 54.0 Å². The Bertz CT molecular complexity index is 890. The molecule has 174 valence electrons. The summed E-state index contributed by atoms with van der Waals surface area (Å²) in [4.78, 5) is 11.7. The second kappa shape index (κ2) is 12.4. The molecule has 0 N–H and O–H groups in total. The minimum Gasteiger partial charge on any atom is -0.462 e. The van der Waals surface area contributed by atoms with E-state index in [1.807, 2.05) is 0 Å². The molecule has 0 saturated carbocycles. The van der Waals surface area contributed by atoms with E-state index in [1.165, 1.54) is 32.6 Å². The summed E-state index contributed by atoms with van der Waals surface area (Å²) in [7, 11) is -1.69. The molecule has 0 amide bonds. The number of aryl methyl sites for hydroxylation is 2. The average Bonchev–Trinajstić information content (AvgIpc) is 2.77. The Kier molecular flexibility index (Phi) is 10.3.